The molecule has 4 N–H and O–H groups in total. The van der Waals surface area contributed by atoms with Gasteiger partial charge < -0.3 is 16.0 Å². The van der Waals surface area contributed by atoms with Crippen LogP contribution in [-0.2, 0) is 0 Å². The molecule has 0 aliphatic heterocycles. The first-order valence-corrected chi connectivity index (χ1v) is 7.93. The zero-order valence-corrected chi connectivity index (χ0v) is 13.7. The van der Waals surface area contributed by atoms with Gasteiger partial charge in [-0.25, -0.2) is 4.39 Å². The molecule has 1 aliphatic rings. The Balaban J connectivity index is 2.33. The van der Waals surface area contributed by atoms with Crippen LogP contribution in [0.2, 0.25) is 0 Å². The molecular weight excluding hydrogens is 293 g/mol. The van der Waals surface area contributed by atoms with Crippen LogP contribution in [0, 0.1) is 19.7 Å². The number of rotatable bonds is 3. The van der Waals surface area contributed by atoms with E-state index in [2.05, 4.69) is 16.4 Å². The molecule has 122 valence electrons. The number of halogens is 1. The van der Waals surface area contributed by atoms with Crippen molar-refractivity contribution in [1.29, 1.82) is 0 Å². The minimum absolute atomic E-state index is 0.207. The molecule has 1 amide bonds. The predicted octanol–water partition coefficient (Wildman–Crippen LogP) is 3.18. The standard InChI is InChI=1S/C18H22FN3O/c1-9-10(2)22-17-13(18(20)23)8-14(19)16(15(9)17)11-5-4-6-12(7-11)21-3/h7-8,12,21-22H,4-6H2,1-3H3,(H2,20,23)/t12-/m0/s1. The van der Waals surface area contributed by atoms with E-state index in [-0.39, 0.29) is 17.4 Å². The van der Waals surface area contributed by atoms with Crippen molar-refractivity contribution in [3.05, 3.63) is 40.3 Å². The molecule has 0 radical (unpaired) electrons. The number of carbonyl (C=O) groups is 1. The lowest BCUT2D eigenvalue weighted by Gasteiger charge is -2.22. The van der Waals surface area contributed by atoms with Gasteiger partial charge in [0.1, 0.15) is 5.82 Å². The molecule has 1 heterocycles. The Kier molecular flexibility index (Phi) is 3.98. The molecule has 0 fully saturated rings. The van der Waals surface area contributed by atoms with Crippen LogP contribution in [0.4, 0.5) is 4.39 Å². The Hall–Kier alpha value is -2.14. The van der Waals surface area contributed by atoms with Gasteiger partial charge in [0.2, 0.25) is 0 Å². The fraction of sp³-hybridized carbons (Fsp3) is 0.389. The lowest BCUT2D eigenvalue weighted by Crippen LogP contribution is -2.25. The van der Waals surface area contributed by atoms with E-state index in [1.165, 1.54) is 6.07 Å². The number of aromatic amines is 1. The van der Waals surface area contributed by atoms with E-state index >= 15 is 0 Å². The van der Waals surface area contributed by atoms with Crippen LogP contribution in [0.5, 0.6) is 0 Å². The van der Waals surface area contributed by atoms with Gasteiger partial charge in [0.25, 0.3) is 5.91 Å². The number of hydrogen-bond acceptors (Lipinski definition) is 2. The second-order valence-electron chi connectivity index (χ2n) is 6.25. The van der Waals surface area contributed by atoms with Crippen molar-refractivity contribution in [2.24, 2.45) is 5.73 Å². The number of hydrogen-bond donors (Lipinski definition) is 3. The fourth-order valence-corrected chi connectivity index (χ4v) is 3.49. The van der Waals surface area contributed by atoms with Crippen molar-refractivity contribution in [2.45, 2.75) is 39.2 Å². The van der Waals surface area contributed by atoms with E-state index in [0.717, 1.165) is 41.5 Å². The van der Waals surface area contributed by atoms with Gasteiger partial charge in [-0.2, -0.15) is 0 Å². The van der Waals surface area contributed by atoms with Crippen LogP contribution >= 0.6 is 0 Å². The molecule has 23 heavy (non-hydrogen) atoms. The Labute approximate surface area is 134 Å². The van der Waals surface area contributed by atoms with Gasteiger partial charge in [0, 0.05) is 22.7 Å². The third-order valence-electron chi connectivity index (χ3n) is 4.85. The quantitative estimate of drug-likeness (QED) is 0.814. The summed E-state index contributed by atoms with van der Waals surface area (Å²) in [7, 11) is 1.91. The maximum absolute atomic E-state index is 14.9. The van der Waals surface area contributed by atoms with Crippen molar-refractivity contribution >= 4 is 22.4 Å². The summed E-state index contributed by atoms with van der Waals surface area (Å²) in [6, 6.07) is 1.52. The molecule has 3 rings (SSSR count). The van der Waals surface area contributed by atoms with Gasteiger partial charge in [-0.15, -0.1) is 0 Å². The van der Waals surface area contributed by atoms with Crippen LogP contribution in [-0.4, -0.2) is 24.0 Å². The first-order valence-electron chi connectivity index (χ1n) is 7.93. The highest BCUT2D eigenvalue weighted by Crippen LogP contribution is 2.37. The number of amides is 1. The summed E-state index contributed by atoms with van der Waals surface area (Å²) >= 11 is 0. The highest BCUT2D eigenvalue weighted by Gasteiger charge is 2.24. The summed E-state index contributed by atoms with van der Waals surface area (Å²) in [5.74, 6) is -0.996. The van der Waals surface area contributed by atoms with Gasteiger partial charge in [0.05, 0.1) is 11.1 Å². The lowest BCUT2D eigenvalue weighted by atomic mass is 9.87. The second kappa shape index (κ2) is 5.81. The molecular formula is C18H22FN3O. The minimum Gasteiger partial charge on any atom is -0.366 e. The van der Waals surface area contributed by atoms with Gasteiger partial charge >= 0.3 is 0 Å². The molecule has 1 aromatic carbocycles. The summed E-state index contributed by atoms with van der Waals surface area (Å²) in [5.41, 5.74) is 9.76. The normalized spacial score (nSPS) is 18.3. The molecule has 4 nitrogen and oxygen atoms in total. The summed E-state index contributed by atoms with van der Waals surface area (Å²) < 4.78 is 14.9. The first kappa shape index (κ1) is 15.7. The summed E-state index contributed by atoms with van der Waals surface area (Å²) in [6.45, 7) is 3.87. The number of allylic oxidation sites excluding steroid dienone is 1. The Morgan fingerprint density at radius 1 is 1.43 bits per heavy atom. The number of aryl methyl sites for hydroxylation is 2. The largest absolute Gasteiger partial charge is 0.366 e. The van der Waals surface area contributed by atoms with Gasteiger partial charge in [-0.05, 0) is 57.4 Å². The van der Waals surface area contributed by atoms with Crippen molar-refractivity contribution in [2.75, 3.05) is 7.05 Å². The van der Waals surface area contributed by atoms with Gasteiger partial charge in [-0.3, -0.25) is 4.79 Å². The van der Waals surface area contributed by atoms with Gasteiger partial charge in [-0.1, -0.05) is 6.08 Å². The molecule has 0 spiro atoms. The summed E-state index contributed by atoms with van der Waals surface area (Å²) in [5, 5.41) is 4.02. The van der Waals surface area contributed by atoms with Gasteiger partial charge in [0.15, 0.2) is 0 Å². The summed E-state index contributed by atoms with van der Waals surface area (Å²) in [6.07, 6.45) is 5.00. The molecule has 0 unspecified atom stereocenters. The van der Waals surface area contributed by atoms with E-state index in [1.54, 1.807) is 0 Å². The van der Waals surface area contributed by atoms with Crippen LogP contribution in [0.15, 0.2) is 12.1 Å². The maximum Gasteiger partial charge on any atom is 0.250 e. The second-order valence-corrected chi connectivity index (χ2v) is 6.25. The summed E-state index contributed by atoms with van der Waals surface area (Å²) in [4.78, 5) is 14.9. The molecule has 1 atom stereocenters. The topological polar surface area (TPSA) is 70.9 Å². The van der Waals surface area contributed by atoms with Crippen LogP contribution < -0.4 is 11.1 Å². The van der Waals surface area contributed by atoms with Crippen LogP contribution in [0.3, 0.4) is 0 Å². The zero-order chi connectivity index (χ0) is 16.7. The van der Waals surface area contributed by atoms with Crippen molar-refractivity contribution in [3.63, 3.8) is 0 Å². The number of aromatic nitrogens is 1. The monoisotopic (exact) mass is 315 g/mol. The Morgan fingerprint density at radius 2 is 2.17 bits per heavy atom. The average molecular weight is 315 g/mol. The van der Waals surface area contributed by atoms with Crippen molar-refractivity contribution < 1.29 is 9.18 Å². The number of primary amides is 1. The average Bonchev–Trinajstić information content (AvgIpc) is 2.82. The highest BCUT2D eigenvalue weighted by atomic mass is 19.1. The number of nitrogens with two attached hydrogens (primary N) is 1. The van der Waals surface area contributed by atoms with E-state index in [4.69, 9.17) is 5.73 Å². The number of H-pyrrole nitrogens is 1. The number of fused-ring (bicyclic) bond motifs is 1. The highest BCUT2D eigenvalue weighted by molar-refractivity contribution is 6.09. The molecule has 2 aromatic rings. The Bertz CT molecular complexity index is 820. The minimum atomic E-state index is -0.618. The van der Waals surface area contributed by atoms with E-state index in [1.807, 2.05) is 20.9 Å². The molecule has 1 aromatic heterocycles. The number of nitrogens with one attached hydrogen (secondary N) is 2. The molecule has 0 saturated heterocycles. The number of benzene rings is 1. The molecule has 0 bridgehead atoms. The fourth-order valence-electron chi connectivity index (χ4n) is 3.49. The Morgan fingerprint density at radius 3 is 2.83 bits per heavy atom. The SMILES string of the molecule is CN[C@@H]1C=C(c2c(F)cc(C(N)=O)c3[nH]c(C)c(C)c23)CCC1. The van der Waals surface area contributed by atoms with E-state index in [9.17, 15) is 9.18 Å². The first-order chi connectivity index (χ1) is 10.9. The van der Waals surface area contributed by atoms with E-state index in [0.29, 0.717) is 11.1 Å². The van der Waals surface area contributed by atoms with Crippen LogP contribution in [0.25, 0.3) is 16.5 Å². The molecule has 1 aliphatic carbocycles. The number of carbonyl (C=O) groups excluding carboxylic acids is 1. The van der Waals surface area contributed by atoms with Crippen molar-refractivity contribution in [1.82, 2.24) is 10.3 Å². The predicted molar refractivity (Wildman–Crippen MR) is 90.9 cm³/mol. The zero-order valence-electron chi connectivity index (χ0n) is 13.7. The van der Waals surface area contributed by atoms with Crippen LogP contribution in [0.1, 0.15) is 46.4 Å². The lowest BCUT2D eigenvalue weighted by molar-refractivity contribution is 0.100. The molecule has 0 saturated carbocycles. The maximum atomic E-state index is 14.9. The molecule has 5 heteroatoms. The number of likely N-dealkylation sites (N-methyl/N-ethyl adjacent to an activating group) is 1. The van der Waals surface area contributed by atoms with Crippen molar-refractivity contribution in [3.8, 4) is 0 Å². The van der Waals surface area contributed by atoms with E-state index < -0.39 is 5.91 Å². The third kappa shape index (κ3) is 2.55. The third-order valence-corrected chi connectivity index (χ3v) is 4.85. The smallest absolute Gasteiger partial charge is 0.250 e.